The number of β-lactam (4-membered cyclic amide) rings is 1. The van der Waals surface area contributed by atoms with E-state index < -0.39 is 64.4 Å². The van der Waals surface area contributed by atoms with Crippen molar-refractivity contribution in [3.8, 4) is 5.75 Å². The zero-order valence-electron chi connectivity index (χ0n) is 26.8. The second-order valence-electron chi connectivity index (χ2n) is 11.9. The van der Waals surface area contributed by atoms with E-state index in [1.54, 1.807) is 12.1 Å². The van der Waals surface area contributed by atoms with Gasteiger partial charge in [0.15, 0.2) is 16.6 Å². The minimum atomic E-state index is -4.51. The van der Waals surface area contributed by atoms with Gasteiger partial charge in [-0.25, -0.2) is 14.3 Å². The summed E-state index contributed by atoms with van der Waals surface area (Å²) in [6.45, 7) is 5.22. The van der Waals surface area contributed by atoms with Crippen LogP contribution in [0, 0.1) is 11.8 Å². The molecule has 2 aromatic heterocycles. The molecule has 264 valence electrons. The van der Waals surface area contributed by atoms with Gasteiger partial charge in [0, 0.05) is 25.4 Å². The lowest BCUT2D eigenvalue weighted by Gasteiger charge is -2.50. The van der Waals surface area contributed by atoms with E-state index in [0.29, 0.717) is 16.7 Å². The molecule has 2 aliphatic rings. The Morgan fingerprint density at radius 2 is 2.06 bits per heavy atom. The summed E-state index contributed by atoms with van der Waals surface area (Å²) in [4.78, 5) is 47.8. The summed E-state index contributed by atoms with van der Waals surface area (Å²) >= 11 is 7.10. The Hall–Kier alpha value is -4.14. The van der Waals surface area contributed by atoms with Crippen molar-refractivity contribution in [1.82, 2.24) is 15.4 Å². The van der Waals surface area contributed by atoms with E-state index >= 15 is 0 Å². The van der Waals surface area contributed by atoms with Crippen LogP contribution in [0.3, 0.4) is 0 Å². The highest BCUT2D eigenvalue weighted by Gasteiger charge is 2.58. The van der Waals surface area contributed by atoms with Gasteiger partial charge in [0.2, 0.25) is 0 Å². The number of carboxylic acid groups (broad SMARTS) is 1. The summed E-state index contributed by atoms with van der Waals surface area (Å²) in [5.41, 5.74) is 3.83. The number of aromatic nitrogens is 2. The third-order valence-corrected chi connectivity index (χ3v) is 10.0. The lowest BCUT2D eigenvalue weighted by atomic mass is 9.74. The van der Waals surface area contributed by atoms with Crippen LogP contribution in [0.2, 0.25) is 4.34 Å². The van der Waals surface area contributed by atoms with Crippen LogP contribution in [0.15, 0.2) is 35.6 Å². The quantitative estimate of drug-likeness (QED) is 0.0703. The number of nitrogens with zero attached hydrogens (tertiary/aromatic N) is 4. The first-order chi connectivity index (χ1) is 23.1. The Kier molecular flexibility index (Phi) is 10.6. The monoisotopic (exact) mass is 740 g/mol. The van der Waals surface area contributed by atoms with E-state index in [4.69, 9.17) is 31.2 Å². The molecule has 49 heavy (non-hydrogen) atoms. The average molecular weight is 741 g/mol. The molecular weight excluding hydrogens is 706 g/mol. The molecule has 0 bridgehead atoms. The third kappa shape index (κ3) is 7.86. The average Bonchev–Trinajstić information content (AvgIpc) is 3.36. The van der Waals surface area contributed by atoms with Gasteiger partial charge in [-0.3, -0.25) is 19.1 Å². The number of aliphatic carboxylic acids is 1. The maximum atomic E-state index is 13.5. The number of halogens is 1. The lowest BCUT2D eigenvalue weighted by Crippen LogP contribution is -2.68. The first kappa shape index (κ1) is 36.1. The number of carboxylic acids is 1. The molecule has 0 saturated carbocycles. The van der Waals surface area contributed by atoms with Gasteiger partial charge in [0.1, 0.15) is 22.4 Å². The number of benzene rings is 1. The summed E-state index contributed by atoms with van der Waals surface area (Å²) < 4.78 is 40.2. The number of fused-ring (bicyclic) bond motifs is 1. The van der Waals surface area contributed by atoms with Crippen molar-refractivity contribution in [1.29, 1.82) is 0 Å². The van der Waals surface area contributed by atoms with E-state index in [9.17, 15) is 27.9 Å². The molecule has 4 heterocycles. The van der Waals surface area contributed by atoms with Gasteiger partial charge in [-0.1, -0.05) is 28.1 Å². The van der Waals surface area contributed by atoms with E-state index in [2.05, 4.69) is 25.0 Å². The van der Waals surface area contributed by atoms with Crippen molar-refractivity contribution in [3.63, 3.8) is 0 Å². The number of thiazole rings is 1. The zero-order valence-corrected chi connectivity index (χ0v) is 29.2. The number of hydrogen-bond donors (Lipinski definition) is 4. The van der Waals surface area contributed by atoms with Crippen LogP contribution in [-0.2, 0) is 45.1 Å². The maximum absolute atomic E-state index is 13.5. The summed E-state index contributed by atoms with van der Waals surface area (Å²) in [7, 11) is -1.70. The number of rotatable bonds is 16. The normalized spacial score (nSPS) is 18.5. The number of oxime groups is 1. The number of nitrogens with one attached hydrogen (secondary N) is 2. The first-order valence-electron chi connectivity index (χ1n) is 14.9. The molecule has 20 heteroatoms. The first-order valence-corrected chi connectivity index (χ1v) is 17.4. The highest BCUT2D eigenvalue weighted by Crippen LogP contribution is 2.41. The summed E-state index contributed by atoms with van der Waals surface area (Å²) in [6.07, 6.45) is -0.281. The molecule has 0 aliphatic carbocycles. The number of ketones is 1. The topological polar surface area (TPSA) is 225 Å². The summed E-state index contributed by atoms with van der Waals surface area (Å²) in [5.74, 6) is -2.27. The van der Waals surface area contributed by atoms with E-state index in [-0.39, 0.29) is 15.2 Å². The fourth-order valence-electron chi connectivity index (χ4n) is 5.20. The van der Waals surface area contributed by atoms with E-state index in [0.717, 1.165) is 54.7 Å². The molecule has 5 N–H and O–H groups in total. The Morgan fingerprint density at radius 1 is 1.33 bits per heavy atom. The number of carbonyl (C=O) groups is 3. The number of nitrogen functional groups attached to an aromatic ring is 1. The van der Waals surface area contributed by atoms with E-state index in [1.165, 1.54) is 13.8 Å². The number of amides is 1. The maximum Gasteiger partial charge on any atom is 0.420 e. The number of Topliss-reactive ketones (excluding diaryl/α,β-unsaturated/α-hetero) is 1. The van der Waals surface area contributed by atoms with Crippen molar-refractivity contribution in [3.05, 3.63) is 40.5 Å². The van der Waals surface area contributed by atoms with Crippen LogP contribution in [0.4, 0.5) is 10.9 Å². The predicted octanol–water partition coefficient (Wildman–Crippen LogP) is 1.26. The number of carbonyl (C=O) groups excluding carboxylic acids is 2. The molecule has 1 aromatic carbocycles. The van der Waals surface area contributed by atoms with E-state index in [1.807, 2.05) is 29.9 Å². The lowest BCUT2D eigenvalue weighted by molar-refractivity contribution is -0.656. The number of anilines is 2. The molecule has 2 atom stereocenters. The molecular formula is C29H35ClN7O10S2+. The standard InChI is InChI=1S/C29H34ClN7O10S2/c1-29(2)19(26(39)37(29)47-49(42,43)44-4)10-20(38)22(23-24(30)48-28(31)34-23)35-46-21(27(40)41)14-45-17-5-6-18-16(9-17)7-8-36(3)25(18)33-13-15-11-32-12-15/h5-9,15,19,21,32H,10-14H2,1-4H3,(H3,31,34,40,41)/p+1/b35-22+/t19-,21+/m1/s1. The van der Waals surface area contributed by atoms with Gasteiger partial charge < -0.3 is 25.7 Å². The number of nitrogens with two attached hydrogens (primary N) is 1. The van der Waals surface area contributed by atoms with Crippen LogP contribution in [0.1, 0.15) is 26.0 Å². The van der Waals surface area contributed by atoms with Crippen molar-refractivity contribution >= 4 is 78.4 Å². The van der Waals surface area contributed by atoms with Crippen LogP contribution in [-0.4, -0.2) is 91.9 Å². The van der Waals surface area contributed by atoms with Crippen LogP contribution in [0.25, 0.3) is 10.8 Å². The van der Waals surface area contributed by atoms with Crippen molar-refractivity contribution in [2.75, 3.05) is 44.4 Å². The molecule has 1 amide bonds. The number of aryl methyl sites for hydroxylation is 1. The largest absolute Gasteiger partial charge is 0.489 e. The highest BCUT2D eigenvalue weighted by molar-refractivity contribution is 7.81. The smallest absolute Gasteiger partial charge is 0.420 e. The molecule has 5 rings (SSSR count). The Bertz CT molecular complexity index is 1920. The molecule has 2 fully saturated rings. The molecule has 3 aromatic rings. The van der Waals surface area contributed by atoms with Gasteiger partial charge in [-0.2, -0.15) is 13.5 Å². The molecule has 17 nitrogen and oxygen atoms in total. The van der Waals surface area contributed by atoms with Gasteiger partial charge in [0.25, 0.3) is 17.8 Å². The Labute approximate surface area is 290 Å². The molecule has 2 saturated heterocycles. The number of hydrogen-bond acceptors (Lipinski definition) is 15. The number of ether oxygens (including phenoxy) is 1. The molecule has 0 radical (unpaired) electrons. The fraction of sp³-hybridized carbons (Fsp3) is 0.448. The summed E-state index contributed by atoms with van der Waals surface area (Å²) in [5, 5.41) is 22.8. The predicted molar refractivity (Wildman–Crippen MR) is 177 cm³/mol. The minimum Gasteiger partial charge on any atom is -0.489 e. The van der Waals surface area contributed by atoms with Gasteiger partial charge >= 0.3 is 16.4 Å². The second kappa shape index (κ2) is 14.4. The summed E-state index contributed by atoms with van der Waals surface area (Å²) in [6, 6.07) is 7.25. The van der Waals surface area contributed by atoms with Gasteiger partial charge in [-0.15, -0.1) is 4.28 Å². The molecule has 0 unspecified atom stereocenters. The van der Waals surface area contributed by atoms with Crippen molar-refractivity contribution < 1.29 is 50.5 Å². The number of hydroxylamine groups is 2. The Morgan fingerprint density at radius 3 is 2.65 bits per heavy atom. The van der Waals surface area contributed by atoms with Gasteiger partial charge in [-0.05, 0) is 43.5 Å². The fourth-order valence-corrected chi connectivity index (χ4v) is 6.63. The highest BCUT2D eigenvalue weighted by atomic mass is 35.5. The van der Waals surface area contributed by atoms with Crippen molar-refractivity contribution in [2.45, 2.75) is 31.9 Å². The minimum absolute atomic E-state index is 0.00804. The van der Waals surface area contributed by atoms with Gasteiger partial charge in [0.05, 0.1) is 43.7 Å². The number of pyridine rings is 1. The van der Waals surface area contributed by atoms with Crippen LogP contribution < -0.4 is 25.7 Å². The Balaban J connectivity index is 1.31. The molecule has 0 spiro atoms. The third-order valence-electron chi connectivity index (χ3n) is 8.21. The molecule has 2 aliphatic heterocycles. The zero-order chi connectivity index (χ0) is 35.7. The van der Waals surface area contributed by atoms with Crippen LogP contribution in [0.5, 0.6) is 5.75 Å². The van der Waals surface area contributed by atoms with Crippen molar-refractivity contribution in [2.24, 2.45) is 24.0 Å². The van der Waals surface area contributed by atoms with Crippen LogP contribution >= 0.6 is 22.9 Å². The SMILES string of the molecule is COS(=O)(=O)ON1C(=O)[C@@H](CC(=O)/C(=N\O[C@@H](COc2ccc3c(NCC4CNC4)[n+](C)ccc3c2)C(=O)O)c2nc(N)sc2Cl)C1(C)C. The second-order valence-corrected chi connectivity index (χ2v) is 14.8.